The molecule has 0 bridgehead atoms. The zero-order chi connectivity index (χ0) is 13.4. The average Bonchev–Trinajstić information content (AvgIpc) is 2.56. The third-order valence-corrected chi connectivity index (χ3v) is 2.71. The monoisotopic (exact) mass is 248 g/mol. The molecule has 0 unspecified atom stereocenters. The van der Waals surface area contributed by atoms with Crippen molar-refractivity contribution in [2.45, 2.75) is 13.8 Å². The van der Waals surface area contributed by atoms with Crippen LogP contribution in [0, 0.1) is 36.8 Å². The van der Waals surface area contributed by atoms with Crippen LogP contribution in [0.1, 0.15) is 17.0 Å². The van der Waals surface area contributed by atoms with Gasteiger partial charge in [0.1, 0.15) is 5.69 Å². The number of nitriles is 1. The minimum Gasteiger partial charge on any atom is -0.396 e. The first-order chi connectivity index (χ1) is 8.45. The van der Waals surface area contributed by atoms with Gasteiger partial charge in [-0.25, -0.2) is 13.5 Å². The third kappa shape index (κ3) is 1.70. The van der Waals surface area contributed by atoms with Gasteiger partial charge in [-0.05, 0) is 26.0 Å². The van der Waals surface area contributed by atoms with Crippen LogP contribution in [0.4, 0.5) is 14.5 Å². The molecule has 1 heterocycles. The molecule has 2 N–H and O–H groups in total. The molecule has 0 saturated heterocycles. The summed E-state index contributed by atoms with van der Waals surface area (Å²) in [4.78, 5) is 0. The highest BCUT2D eigenvalue weighted by Gasteiger charge is 2.18. The highest BCUT2D eigenvalue weighted by Crippen LogP contribution is 2.24. The van der Waals surface area contributed by atoms with Gasteiger partial charge in [0.25, 0.3) is 0 Å². The Bertz CT molecular complexity index is 644. The van der Waals surface area contributed by atoms with Crippen LogP contribution >= 0.6 is 0 Å². The third-order valence-electron chi connectivity index (χ3n) is 2.71. The number of halogens is 2. The predicted octanol–water partition coefficient (Wildman–Crippen LogP) is 2.22. The number of nitrogens with two attached hydrogens (primary N) is 1. The molecule has 1 aromatic carbocycles. The lowest BCUT2D eigenvalue weighted by molar-refractivity contribution is 0.556. The van der Waals surface area contributed by atoms with Crippen LogP contribution in [0.5, 0.6) is 0 Å². The predicted molar refractivity (Wildman–Crippen MR) is 62.1 cm³/mol. The Morgan fingerprint density at radius 2 is 1.83 bits per heavy atom. The Labute approximate surface area is 102 Å². The molecular weight excluding hydrogens is 238 g/mol. The lowest BCUT2D eigenvalue weighted by atomic mass is 10.2. The summed E-state index contributed by atoms with van der Waals surface area (Å²) in [6.45, 7) is 3.27. The summed E-state index contributed by atoms with van der Waals surface area (Å²) in [6.07, 6.45) is 0. The molecule has 0 aliphatic heterocycles. The van der Waals surface area contributed by atoms with E-state index in [0.717, 1.165) is 16.8 Å². The summed E-state index contributed by atoms with van der Waals surface area (Å²) in [7, 11) is 0. The van der Waals surface area contributed by atoms with Crippen molar-refractivity contribution < 1.29 is 8.78 Å². The molecule has 0 amide bonds. The van der Waals surface area contributed by atoms with Gasteiger partial charge in [-0.2, -0.15) is 10.4 Å². The Hall–Kier alpha value is -2.42. The average molecular weight is 248 g/mol. The number of anilines is 1. The van der Waals surface area contributed by atoms with E-state index >= 15 is 0 Å². The zero-order valence-electron chi connectivity index (χ0n) is 9.83. The van der Waals surface area contributed by atoms with Crippen LogP contribution in [0.2, 0.25) is 0 Å². The summed E-state index contributed by atoms with van der Waals surface area (Å²) in [6, 6.07) is 3.61. The molecule has 0 saturated carbocycles. The van der Waals surface area contributed by atoms with Crippen LogP contribution < -0.4 is 5.73 Å². The van der Waals surface area contributed by atoms with E-state index in [1.165, 1.54) is 0 Å². The first-order valence-electron chi connectivity index (χ1n) is 5.17. The second-order valence-corrected chi connectivity index (χ2v) is 3.90. The molecule has 2 aromatic rings. The topological polar surface area (TPSA) is 67.6 Å². The van der Waals surface area contributed by atoms with E-state index in [9.17, 15) is 8.78 Å². The molecule has 6 heteroatoms. The number of benzene rings is 1. The Morgan fingerprint density at radius 1 is 1.28 bits per heavy atom. The Kier molecular flexibility index (Phi) is 2.75. The van der Waals surface area contributed by atoms with Crippen molar-refractivity contribution in [2.75, 3.05) is 5.73 Å². The van der Waals surface area contributed by atoms with Crippen molar-refractivity contribution in [1.82, 2.24) is 9.78 Å². The van der Waals surface area contributed by atoms with Crippen molar-refractivity contribution in [3.8, 4) is 11.8 Å². The molecule has 0 radical (unpaired) electrons. The molecule has 18 heavy (non-hydrogen) atoms. The van der Waals surface area contributed by atoms with Crippen LogP contribution in [-0.4, -0.2) is 9.78 Å². The van der Waals surface area contributed by atoms with Gasteiger partial charge in [-0.3, -0.25) is 0 Å². The maximum Gasteiger partial charge on any atom is 0.153 e. The van der Waals surface area contributed by atoms with Crippen LogP contribution in [0.25, 0.3) is 5.69 Å². The van der Waals surface area contributed by atoms with Crippen molar-refractivity contribution >= 4 is 5.69 Å². The molecule has 0 spiro atoms. The second-order valence-electron chi connectivity index (χ2n) is 3.90. The minimum absolute atomic E-state index is 0.0803. The van der Waals surface area contributed by atoms with E-state index in [1.54, 1.807) is 19.9 Å². The summed E-state index contributed by atoms with van der Waals surface area (Å²) in [5, 5.41) is 12.6. The smallest absolute Gasteiger partial charge is 0.153 e. The number of hydrogen-bond donors (Lipinski definition) is 1. The fraction of sp³-hybridized carbons (Fsp3) is 0.167. The van der Waals surface area contributed by atoms with Gasteiger partial charge in [0.15, 0.2) is 11.6 Å². The number of rotatable bonds is 1. The number of aromatic nitrogens is 2. The van der Waals surface area contributed by atoms with E-state index < -0.39 is 11.6 Å². The highest BCUT2D eigenvalue weighted by atomic mass is 19.1. The molecule has 1 aromatic heterocycles. The lowest BCUT2D eigenvalue weighted by Crippen LogP contribution is -2.06. The zero-order valence-corrected chi connectivity index (χ0v) is 9.83. The van der Waals surface area contributed by atoms with Crippen molar-refractivity contribution in [3.63, 3.8) is 0 Å². The number of nitrogen functional groups attached to an aromatic ring is 1. The quantitative estimate of drug-likeness (QED) is 0.841. The normalized spacial score (nSPS) is 10.4. The summed E-state index contributed by atoms with van der Waals surface area (Å²) < 4.78 is 28.7. The van der Waals surface area contributed by atoms with Gasteiger partial charge >= 0.3 is 0 Å². The van der Waals surface area contributed by atoms with Gasteiger partial charge in [-0.1, -0.05) is 0 Å². The molecular formula is C12H10F2N4. The molecule has 4 nitrogen and oxygen atoms in total. The maximum atomic E-state index is 13.8. The molecule has 0 fully saturated rings. The van der Waals surface area contributed by atoms with Crippen LogP contribution in [0.3, 0.4) is 0 Å². The molecule has 2 rings (SSSR count). The van der Waals surface area contributed by atoms with Crippen LogP contribution in [-0.2, 0) is 0 Å². The summed E-state index contributed by atoms with van der Waals surface area (Å²) in [5.74, 6) is -1.70. The van der Waals surface area contributed by atoms with E-state index in [2.05, 4.69) is 5.10 Å². The number of hydrogen-bond acceptors (Lipinski definition) is 3. The van der Waals surface area contributed by atoms with Crippen molar-refractivity contribution in [2.24, 2.45) is 0 Å². The molecule has 92 valence electrons. The molecule has 0 atom stereocenters. The standard InChI is InChI=1S/C12H10F2N4/c1-6-11(16)7(2)18(17-6)12-9(13)3-8(5-15)4-10(12)14/h3-4H,16H2,1-2H3. The van der Waals surface area contributed by atoms with Gasteiger partial charge in [0, 0.05) is 0 Å². The molecule has 0 aliphatic rings. The molecule has 0 aliphatic carbocycles. The van der Waals surface area contributed by atoms with E-state index in [4.69, 9.17) is 11.0 Å². The number of nitrogens with zero attached hydrogens (tertiary/aromatic N) is 3. The van der Waals surface area contributed by atoms with Gasteiger partial charge in [-0.15, -0.1) is 0 Å². The van der Waals surface area contributed by atoms with Crippen molar-refractivity contribution in [1.29, 1.82) is 5.26 Å². The Morgan fingerprint density at radius 3 is 2.22 bits per heavy atom. The largest absolute Gasteiger partial charge is 0.396 e. The summed E-state index contributed by atoms with van der Waals surface area (Å²) in [5.41, 5.74) is 6.64. The first kappa shape index (κ1) is 12.0. The van der Waals surface area contributed by atoms with Gasteiger partial charge in [0.2, 0.25) is 0 Å². The van der Waals surface area contributed by atoms with Crippen LogP contribution in [0.15, 0.2) is 12.1 Å². The number of aryl methyl sites for hydroxylation is 1. The second kappa shape index (κ2) is 4.11. The van der Waals surface area contributed by atoms with Crippen molar-refractivity contribution in [3.05, 3.63) is 40.7 Å². The van der Waals surface area contributed by atoms with Gasteiger partial charge < -0.3 is 5.73 Å². The van der Waals surface area contributed by atoms with Gasteiger partial charge in [0.05, 0.1) is 28.7 Å². The van der Waals surface area contributed by atoms with E-state index in [1.807, 2.05) is 0 Å². The fourth-order valence-corrected chi connectivity index (χ4v) is 1.70. The first-order valence-corrected chi connectivity index (χ1v) is 5.17. The Balaban J connectivity index is 2.72. The highest BCUT2D eigenvalue weighted by molar-refractivity contribution is 5.52. The van der Waals surface area contributed by atoms with E-state index in [0.29, 0.717) is 17.1 Å². The minimum atomic E-state index is -0.850. The summed E-state index contributed by atoms with van der Waals surface area (Å²) >= 11 is 0. The van der Waals surface area contributed by atoms with E-state index in [-0.39, 0.29) is 11.3 Å². The SMILES string of the molecule is Cc1nn(-c2c(F)cc(C#N)cc2F)c(C)c1N. The fourth-order valence-electron chi connectivity index (χ4n) is 1.70. The maximum absolute atomic E-state index is 13.8. The lowest BCUT2D eigenvalue weighted by Gasteiger charge is -2.07.